The SMILES string of the molecule is CC1CN(c2ccc(CO)cc2Cl)CC(C)(C)O1. The molecule has 1 aliphatic rings. The molecule has 1 heterocycles. The normalized spacial score (nSPS) is 23.2. The zero-order valence-corrected chi connectivity index (χ0v) is 11.9. The van der Waals surface area contributed by atoms with Crippen molar-refractivity contribution in [2.45, 2.75) is 39.1 Å². The second-order valence-corrected chi connectivity index (χ2v) is 5.92. The van der Waals surface area contributed by atoms with Crippen LogP contribution in [0.15, 0.2) is 18.2 Å². The first-order chi connectivity index (χ1) is 8.41. The van der Waals surface area contributed by atoms with Crippen molar-refractivity contribution in [2.24, 2.45) is 0 Å². The molecular weight excluding hydrogens is 250 g/mol. The Labute approximate surface area is 113 Å². The van der Waals surface area contributed by atoms with Gasteiger partial charge in [-0.05, 0) is 38.5 Å². The predicted octanol–water partition coefficient (Wildman–Crippen LogP) is 2.84. The highest BCUT2D eigenvalue weighted by Gasteiger charge is 2.32. The molecule has 1 atom stereocenters. The number of hydrogen-bond donors (Lipinski definition) is 1. The van der Waals surface area contributed by atoms with E-state index in [0.717, 1.165) is 24.3 Å². The third kappa shape index (κ3) is 2.97. The molecule has 0 bridgehead atoms. The van der Waals surface area contributed by atoms with E-state index < -0.39 is 0 Å². The average Bonchev–Trinajstić information content (AvgIpc) is 2.25. The van der Waals surface area contributed by atoms with Gasteiger partial charge in [-0.15, -0.1) is 0 Å². The van der Waals surface area contributed by atoms with Crippen molar-refractivity contribution in [1.82, 2.24) is 0 Å². The van der Waals surface area contributed by atoms with Crippen molar-refractivity contribution in [1.29, 1.82) is 0 Å². The molecule has 2 rings (SSSR count). The van der Waals surface area contributed by atoms with Crippen LogP contribution in [0.2, 0.25) is 5.02 Å². The van der Waals surface area contributed by atoms with Crippen molar-refractivity contribution in [2.75, 3.05) is 18.0 Å². The van der Waals surface area contributed by atoms with E-state index >= 15 is 0 Å². The Morgan fingerprint density at radius 3 is 2.78 bits per heavy atom. The average molecular weight is 270 g/mol. The van der Waals surface area contributed by atoms with Crippen LogP contribution >= 0.6 is 11.6 Å². The maximum atomic E-state index is 9.10. The summed E-state index contributed by atoms with van der Waals surface area (Å²) in [6.07, 6.45) is 0.183. The predicted molar refractivity (Wildman–Crippen MR) is 74.2 cm³/mol. The Morgan fingerprint density at radius 1 is 1.50 bits per heavy atom. The summed E-state index contributed by atoms with van der Waals surface area (Å²) in [4.78, 5) is 2.25. The fraction of sp³-hybridized carbons (Fsp3) is 0.571. The lowest BCUT2D eigenvalue weighted by atomic mass is 10.0. The Kier molecular flexibility index (Phi) is 3.85. The fourth-order valence-electron chi connectivity index (χ4n) is 2.54. The molecule has 1 fully saturated rings. The van der Waals surface area contributed by atoms with Gasteiger partial charge in [-0.25, -0.2) is 0 Å². The summed E-state index contributed by atoms with van der Waals surface area (Å²) in [6.45, 7) is 7.92. The first-order valence-electron chi connectivity index (χ1n) is 6.23. The molecule has 0 spiro atoms. The lowest BCUT2D eigenvalue weighted by molar-refractivity contribution is -0.0749. The maximum Gasteiger partial charge on any atom is 0.0805 e. The molecule has 0 aliphatic carbocycles. The molecule has 4 heteroatoms. The van der Waals surface area contributed by atoms with Crippen LogP contribution in [0.3, 0.4) is 0 Å². The largest absolute Gasteiger partial charge is 0.392 e. The molecule has 100 valence electrons. The highest BCUT2D eigenvalue weighted by molar-refractivity contribution is 6.33. The smallest absolute Gasteiger partial charge is 0.0805 e. The lowest BCUT2D eigenvalue weighted by Gasteiger charge is -2.43. The van der Waals surface area contributed by atoms with Crippen LogP contribution in [0.5, 0.6) is 0 Å². The van der Waals surface area contributed by atoms with Crippen LogP contribution in [-0.2, 0) is 11.3 Å². The van der Waals surface area contributed by atoms with Crippen molar-refractivity contribution in [3.05, 3.63) is 28.8 Å². The first kappa shape index (κ1) is 13.7. The second kappa shape index (κ2) is 5.08. The summed E-state index contributed by atoms with van der Waals surface area (Å²) in [7, 11) is 0. The minimum atomic E-state index is -0.170. The van der Waals surface area contributed by atoms with Gasteiger partial charge >= 0.3 is 0 Å². The van der Waals surface area contributed by atoms with Gasteiger partial charge in [0.15, 0.2) is 0 Å². The number of anilines is 1. The first-order valence-corrected chi connectivity index (χ1v) is 6.61. The summed E-state index contributed by atoms with van der Waals surface area (Å²) in [5.41, 5.74) is 1.68. The number of aliphatic hydroxyl groups excluding tert-OH is 1. The molecule has 1 saturated heterocycles. The highest BCUT2D eigenvalue weighted by atomic mass is 35.5. The number of nitrogens with zero attached hydrogens (tertiary/aromatic N) is 1. The van der Waals surface area contributed by atoms with Crippen LogP contribution in [0.1, 0.15) is 26.3 Å². The van der Waals surface area contributed by atoms with Gasteiger partial charge in [-0.3, -0.25) is 0 Å². The number of morpholine rings is 1. The van der Waals surface area contributed by atoms with E-state index in [1.165, 1.54) is 0 Å². The van der Waals surface area contributed by atoms with Gasteiger partial charge in [0.2, 0.25) is 0 Å². The summed E-state index contributed by atoms with van der Waals surface area (Å²) in [5.74, 6) is 0. The second-order valence-electron chi connectivity index (χ2n) is 5.51. The minimum Gasteiger partial charge on any atom is -0.392 e. The lowest BCUT2D eigenvalue weighted by Crippen LogP contribution is -2.52. The Morgan fingerprint density at radius 2 is 2.22 bits per heavy atom. The van der Waals surface area contributed by atoms with E-state index in [-0.39, 0.29) is 18.3 Å². The van der Waals surface area contributed by atoms with Crippen LogP contribution in [0.4, 0.5) is 5.69 Å². The summed E-state index contributed by atoms with van der Waals surface area (Å²) in [6, 6.07) is 5.71. The van der Waals surface area contributed by atoms with E-state index in [1.54, 1.807) is 0 Å². The number of halogens is 1. The molecule has 0 aromatic heterocycles. The van der Waals surface area contributed by atoms with Crippen LogP contribution in [0.25, 0.3) is 0 Å². The van der Waals surface area contributed by atoms with Gasteiger partial charge in [-0.1, -0.05) is 17.7 Å². The van der Waals surface area contributed by atoms with Crippen molar-refractivity contribution >= 4 is 17.3 Å². The summed E-state index contributed by atoms with van der Waals surface area (Å²) >= 11 is 6.29. The van der Waals surface area contributed by atoms with Gasteiger partial charge in [-0.2, -0.15) is 0 Å². The molecule has 1 aromatic carbocycles. The number of ether oxygens (including phenoxy) is 1. The Bertz CT molecular complexity index is 434. The third-order valence-electron chi connectivity index (χ3n) is 3.10. The molecule has 1 N–H and O–H groups in total. The zero-order chi connectivity index (χ0) is 13.3. The monoisotopic (exact) mass is 269 g/mol. The zero-order valence-electron chi connectivity index (χ0n) is 11.1. The molecule has 0 amide bonds. The van der Waals surface area contributed by atoms with E-state index in [2.05, 4.69) is 25.7 Å². The van der Waals surface area contributed by atoms with E-state index in [1.807, 2.05) is 18.2 Å². The van der Waals surface area contributed by atoms with Crippen molar-refractivity contribution < 1.29 is 9.84 Å². The molecule has 1 unspecified atom stereocenters. The van der Waals surface area contributed by atoms with Gasteiger partial charge in [0.05, 0.1) is 29.0 Å². The molecular formula is C14H20ClNO2. The van der Waals surface area contributed by atoms with Crippen LogP contribution in [0, 0.1) is 0 Å². The number of rotatable bonds is 2. The van der Waals surface area contributed by atoms with Gasteiger partial charge in [0.1, 0.15) is 0 Å². The van der Waals surface area contributed by atoms with Gasteiger partial charge in [0.25, 0.3) is 0 Å². The van der Waals surface area contributed by atoms with E-state index in [4.69, 9.17) is 21.4 Å². The fourth-order valence-corrected chi connectivity index (χ4v) is 2.87. The van der Waals surface area contributed by atoms with Crippen molar-refractivity contribution in [3.63, 3.8) is 0 Å². The van der Waals surface area contributed by atoms with Gasteiger partial charge in [0, 0.05) is 13.1 Å². The maximum absolute atomic E-state index is 9.10. The highest BCUT2D eigenvalue weighted by Crippen LogP contribution is 2.31. The molecule has 3 nitrogen and oxygen atoms in total. The van der Waals surface area contributed by atoms with E-state index in [9.17, 15) is 0 Å². The summed E-state index contributed by atoms with van der Waals surface area (Å²) < 4.78 is 5.89. The van der Waals surface area contributed by atoms with Crippen LogP contribution < -0.4 is 4.90 Å². The number of benzene rings is 1. The minimum absolute atomic E-state index is 0.0189. The topological polar surface area (TPSA) is 32.7 Å². The van der Waals surface area contributed by atoms with Crippen molar-refractivity contribution in [3.8, 4) is 0 Å². The third-order valence-corrected chi connectivity index (χ3v) is 3.41. The Balaban J connectivity index is 2.25. The van der Waals surface area contributed by atoms with Gasteiger partial charge < -0.3 is 14.7 Å². The van der Waals surface area contributed by atoms with Crippen LogP contribution in [-0.4, -0.2) is 29.9 Å². The number of hydrogen-bond acceptors (Lipinski definition) is 3. The standard InChI is InChI=1S/C14H20ClNO2/c1-10-7-16(9-14(2,3)18-10)13-5-4-11(8-17)6-12(13)15/h4-6,10,17H,7-9H2,1-3H3. The molecule has 1 aromatic rings. The van der Waals surface area contributed by atoms with E-state index in [0.29, 0.717) is 5.02 Å². The summed E-state index contributed by atoms with van der Waals surface area (Å²) in [5, 5.41) is 9.78. The quantitative estimate of drug-likeness (QED) is 0.896. The Hall–Kier alpha value is -0.770. The molecule has 18 heavy (non-hydrogen) atoms. The number of aliphatic hydroxyl groups is 1. The molecule has 1 aliphatic heterocycles. The molecule has 0 radical (unpaired) electrons. The molecule has 0 saturated carbocycles.